The van der Waals surface area contributed by atoms with Gasteiger partial charge < -0.3 is 5.11 Å². The van der Waals surface area contributed by atoms with Gasteiger partial charge in [0.25, 0.3) is 0 Å². The van der Waals surface area contributed by atoms with E-state index in [0.29, 0.717) is 11.8 Å². The third-order valence-corrected chi connectivity index (χ3v) is 1.58. The Morgan fingerprint density at radius 3 is 2.69 bits per heavy atom. The summed E-state index contributed by atoms with van der Waals surface area (Å²) in [4.78, 5) is 21.0. The molecule has 13 heavy (non-hydrogen) atoms. The first-order valence-corrected chi connectivity index (χ1v) is 3.48. The molecule has 0 aliphatic rings. The molecule has 0 unspecified atom stereocenters. The van der Waals surface area contributed by atoms with Gasteiger partial charge in [-0.05, 0) is 18.2 Å². The van der Waals surface area contributed by atoms with Gasteiger partial charge in [-0.3, -0.25) is 4.79 Å². The summed E-state index contributed by atoms with van der Waals surface area (Å²) in [6.45, 7) is 0. The number of benzene rings is 1. The van der Waals surface area contributed by atoms with Gasteiger partial charge in [0.2, 0.25) is 0 Å². The lowest BCUT2D eigenvalue weighted by atomic mass is 10.1. The minimum absolute atomic E-state index is 0.0566. The molecule has 3 nitrogen and oxygen atoms in total. The lowest BCUT2D eigenvalue weighted by molar-refractivity contribution is 0.0697. The zero-order chi connectivity index (χ0) is 9.84. The second-order valence-corrected chi connectivity index (χ2v) is 2.37. The van der Waals surface area contributed by atoms with Crippen LogP contribution in [-0.4, -0.2) is 17.4 Å². The first-order valence-electron chi connectivity index (χ1n) is 3.48. The third-order valence-electron chi connectivity index (χ3n) is 1.58. The maximum atomic E-state index is 10.5. The van der Waals surface area contributed by atoms with Crippen LogP contribution in [0.15, 0.2) is 18.2 Å². The van der Waals surface area contributed by atoms with Crippen LogP contribution in [0.25, 0.3) is 0 Å². The first kappa shape index (κ1) is 9.01. The molecule has 0 aliphatic carbocycles. The van der Waals surface area contributed by atoms with Gasteiger partial charge in [-0.25, -0.2) is 4.79 Å². The van der Waals surface area contributed by atoms with Gasteiger partial charge in [-0.15, -0.1) is 6.42 Å². The summed E-state index contributed by atoms with van der Waals surface area (Å²) in [5.74, 6) is 1.21. The van der Waals surface area contributed by atoms with E-state index in [4.69, 9.17) is 11.5 Å². The average molecular weight is 174 g/mol. The van der Waals surface area contributed by atoms with E-state index < -0.39 is 5.97 Å². The number of carboxylic acids is 1. The summed E-state index contributed by atoms with van der Waals surface area (Å²) in [5, 5.41) is 8.60. The summed E-state index contributed by atoms with van der Waals surface area (Å²) in [6, 6.07) is 4.06. The molecule has 0 heterocycles. The van der Waals surface area contributed by atoms with Crippen molar-refractivity contribution in [3.05, 3.63) is 34.9 Å². The fourth-order valence-corrected chi connectivity index (χ4v) is 0.925. The Morgan fingerprint density at radius 2 is 2.23 bits per heavy atom. The van der Waals surface area contributed by atoms with Crippen molar-refractivity contribution in [2.45, 2.75) is 0 Å². The highest BCUT2D eigenvalue weighted by Gasteiger charge is 2.05. The number of carbonyl (C=O) groups is 2. The van der Waals surface area contributed by atoms with Crippen molar-refractivity contribution in [3.63, 3.8) is 0 Å². The fraction of sp³-hybridized carbons (Fsp3) is 0. The lowest BCUT2D eigenvalue weighted by Gasteiger charge is -1.98. The Labute approximate surface area is 75.0 Å². The van der Waals surface area contributed by atoms with E-state index in [0.717, 1.165) is 0 Å². The summed E-state index contributed by atoms with van der Waals surface area (Å²) in [7, 11) is 0. The van der Waals surface area contributed by atoms with Gasteiger partial charge >= 0.3 is 5.97 Å². The van der Waals surface area contributed by atoms with Crippen LogP contribution in [0.3, 0.4) is 0 Å². The van der Waals surface area contributed by atoms with E-state index in [2.05, 4.69) is 5.92 Å². The van der Waals surface area contributed by atoms with E-state index in [-0.39, 0.29) is 11.1 Å². The Kier molecular flexibility index (Phi) is 2.46. The summed E-state index contributed by atoms with van der Waals surface area (Å²) in [5.41, 5.74) is 0.684. The van der Waals surface area contributed by atoms with Crippen LogP contribution < -0.4 is 0 Å². The van der Waals surface area contributed by atoms with Crippen LogP contribution in [0.4, 0.5) is 0 Å². The number of hydrogen-bond donors (Lipinski definition) is 1. The molecule has 0 spiro atoms. The van der Waals surface area contributed by atoms with E-state index in [1.165, 1.54) is 18.2 Å². The number of aromatic carboxylic acids is 1. The zero-order valence-electron chi connectivity index (χ0n) is 6.65. The van der Waals surface area contributed by atoms with Gasteiger partial charge in [-0.2, -0.15) is 0 Å². The maximum Gasteiger partial charge on any atom is 0.335 e. The Bertz CT molecular complexity index is 399. The van der Waals surface area contributed by atoms with Gasteiger partial charge in [0, 0.05) is 11.1 Å². The van der Waals surface area contributed by atoms with Gasteiger partial charge in [0.1, 0.15) is 0 Å². The third kappa shape index (κ3) is 1.74. The molecule has 1 aromatic rings. The van der Waals surface area contributed by atoms with Crippen LogP contribution >= 0.6 is 0 Å². The zero-order valence-corrected chi connectivity index (χ0v) is 6.65. The number of hydrogen-bond acceptors (Lipinski definition) is 2. The molecule has 3 heteroatoms. The fourth-order valence-electron chi connectivity index (χ4n) is 0.925. The molecule has 0 saturated heterocycles. The molecule has 64 valence electrons. The van der Waals surface area contributed by atoms with Gasteiger partial charge in [-0.1, -0.05) is 5.92 Å². The molecular formula is C10H6O3. The van der Waals surface area contributed by atoms with Gasteiger partial charge in [0.05, 0.1) is 5.56 Å². The Hall–Kier alpha value is -2.08. The smallest absolute Gasteiger partial charge is 0.335 e. The van der Waals surface area contributed by atoms with E-state index in [1.807, 2.05) is 0 Å². The molecule has 0 radical (unpaired) electrons. The minimum atomic E-state index is -1.08. The molecule has 0 aromatic heterocycles. The highest BCUT2D eigenvalue weighted by molar-refractivity contribution is 5.91. The van der Waals surface area contributed by atoms with Crippen LogP contribution in [0.5, 0.6) is 0 Å². The van der Waals surface area contributed by atoms with Crippen LogP contribution in [-0.2, 0) is 0 Å². The predicted octanol–water partition coefficient (Wildman–Crippen LogP) is 1.18. The summed E-state index contributed by atoms with van der Waals surface area (Å²) >= 11 is 0. The topological polar surface area (TPSA) is 54.4 Å². The Morgan fingerprint density at radius 1 is 1.54 bits per heavy atom. The molecule has 1 rings (SSSR count). The minimum Gasteiger partial charge on any atom is -0.478 e. The number of rotatable bonds is 2. The molecule has 0 amide bonds. The number of carbonyl (C=O) groups excluding carboxylic acids is 1. The van der Waals surface area contributed by atoms with Crippen LogP contribution in [0.1, 0.15) is 26.3 Å². The van der Waals surface area contributed by atoms with Crippen molar-refractivity contribution in [1.82, 2.24) is 0 Å². The van der Waals surface area contributed by atoms with Crippen molar-refractivity contribution in [2.75, 3.05) is 0 Å². The largest absolute Gasteiger partial charge is 0.478 e. The van der Waals surface area contributed by atoms with E-state index in [9.17, 15) is 9.59 Å². The SMILES string of the molecule is C#Cc1ccc(C(=O)O)cc1C=O. The molecule has 0 bridgehead atoms. The highest BCUT2D eigenvalue weighted by Crippen LogP contribution is 2.09. The molecule has 1 aromatic carbocycles. The summed E-state index contributed by atoms with van der Waals surface area (Å²) in [6.07, 6.45) is 5.64. The molecule has 0 atom stereocenters. The van der Waals surface area contributed by atoms with Crippen LogP contribution in [0.2, 0.25) is 0 Å². The second kappa shape index (κ2) is 3.55. The van der Waals surface area contributed by atoms with Crippen molar-refractivity contribution in [3.8, 4) is 12.3 Å². The quantitative estimate of drug-likeness (QED) is 0.541. The molecular weight excluding hydrogens is 168 g/mol. The number of terminal acetylenes is 1. The van der Waals surface area contributed by atoms with Crippen molar-refractivity contribution in [1.29, 1.82) is 0 Å². The Balaban J connectivity index is 3.30. The monoisotopic (exact) mass is 174 g/mol. The molecule has 0 aliphatic heterocycles. The molecule has 1 N–H and O–H groups in total. The normalized spacial score (nSPS) is 8.85. The molecule has 0 fully saturated rings. The van der Waals surface area contributed by atoms with Crippen molar-refractivity contribution in [2.24, 2.45) is 0 Å². The van der Waals surface area contributed by atoms with E-state index >= 15 is 0 Å². The van der Waals surface area contributed by atoms with Crippen molar-refractivity contribution < 1.29 is 14.7 Å². The number of carboxylic acid groups (broad SMARTS) is 1. The number of aldehydes is 1. The standard InChI is InChI=1S/C10H6O3/c1-2-7-3-4-8(10(12)13)5-9(7)6-11/h1,3-6H,(H,12,13). The first-order chi connectivity index (χ1) is 6.19. The summed E-state index contributed by atoms with van der Waals surface area (Å²) < 4.78 is 0. The van der Waals surface area contributed by atoms with Crippen molar-refractivity contribution >= 4 is 12.3 Å². The van der Waals surface area contributed by atoms with E-state index in [1.54, 1.807) is 0 Å². The predicted molar refractivity (Wildman–Crippen MR) is 46.7 cm³/mol. The molecule has 0 saturated carbocycles. The maximum absolute atomic E-state index is 10.5. The second-order valence-electron chi connectivity index (χ2n) is 2.37. The average Bonchev–Trinajstić information content (AvgIpc) is 2.16. The van der Waals surface area contributed by atoms with Gasteiger partial charge in [0.15, 0.2) is 6.29 Å². The lowest BCUT2D eigenvalue weighted by Crippen LogP contribution is -1.98. The highest BCUT2D eigenvalue weighted by atomic mass is 16.4. The van der Waals surface area contributed by atoms with Crippen LogP contribution in [0, 0.1) is 12.3 Å².